The Morgan fingerprint density at radius 2 is 1.65 bits per heavy atom. The molecule has 11 heteroatoms. The van der Waals surface area contributed by atoms with Crippen LogP contribution in [0.15, 0.2) is 12.3 Å². The zero-order chi connectivity index (χ0) is 19.5. The molecule has 2 saturated heterocycles. The third kappa shape index (κ3) is 4.02. The maximum atomic E-state index is 10.1. The van der Waals surface area contributed by atoms with Crippen molar-refractivity contribution in [2.75, 3.05) is 19.8 Å². The van der Waals surface area contributed by atoms with Crippen LogP contribution in [0, 0.1) is 0 Å². The van der Waals surface area contributed by atoms with E-state index in [4.69, 9.17) is 24.1 Å². The molecule has 2 aliphatic heterocycles. The molecule has 0 amide bonds. The second kappa shape index (κ2) is 8.89. The zero-order valence-electron chi connectivity index (χ0n) is 14.2. The smallest absolute Gasteiger partial charge is 0.224 e. The van der Waals surface area contributed by atoms with Crippen molar-refractivity contribution in [3.63, 3.8) is 0 Å². The lowest BCUT2D eigenvalue weighted by molar-refractivity contribution is -0.383. The molecule has 152 valence electrons. The zero-order valence-corrected chi connectivity index (χ0v) is 14.2. The second-order valence-electron chi connectivity index (χ2n) is 6.18. The number of aliphatic hydroxyl groups is 7. The van der Waals surface area contributed by atoms with Crippen molar-refractivity contribution in [3.8, 4) is 0 Å². The van der Waals surface area contributed by atoms with Crippen molar-refractivity contribution < 1.29 is 54.7 Å². The average Bonchev–Trinajstić information content (AvgIpc) is 2.88. The van der Waals surface area contributed by atoms with E-state index in [1.165, 1.54) is 6.26 Å². The van der Waals surface area contributed by atoms with Crippen LogP contribution in [0.1, 0.15) is 6.92 Å². The molecule has 2 rings (SSSR count). The van der Waals surface area contributed by atoms with Crippen LogP contribution in [0.4, 0.5) is 0 Å². The van der Waals surface area contributed by atoms with Crippen LogP contribution in [0.3, 0.4) is 0 Å². The van der Waals surface area contributed by atoms with Crippen molar-refractivity contribution in [3.05, 3.63) is 12.3 Å². The minimum atomic E-state index is -2.20. The van der Waals surface area contributed by atoms with Crippen LogP contribution in [0.2, 0.25) is 0 Å². The molecule has 2 aliphatic rings. The largest absolute Gasteiger partial charge is 0.499 e. The SMILES string of the molecule is CC=COC[C@H]1O[C@H](O[C@]2(CO)O[C@H](CO)[C@@H](O)[C@@H]2O)[C@H](O)[C@@H](O)[C@@H]1O. The van der Waals surface area contributed by atoms with E-state index >= 15 is 0 Å². The molecule has 0 radical (unpaired) electrons. The van der Waals surface area contributed by atoms with Crippen molar-refractivity contribution in [2.45, 2.75) is 61.7 Å². The lowest BCUT2D eigenvalue weighted by atomic mass is 9.99. The molecule has 0 aliphatic carbocycles. The van der Waals surface area contributed by atoms with E-state index in [9.17, 15) is 30.6 Å². The minimum Gasteiger partial charge on any atom is -0.499 e. The number of allylic oxidation sites excluding steroid dienone is 1. The van der Waals surface area contributed by atoms with Crippen LogP contribution >= 0.6 is 0 Å². The van der Waals surface area contributed by atoms with Crippen LogP contribution in [0.5, 0.6) is 0 Å². The quantitative estimate of drug-likeness (QED) is 0.214. The van der Waals surface area contributed by atoms with Gasteiger partial charge in [0, 0.05) is 0 Å². The van der Waals surface area contributed by atoms with Gasteiger partial charge in [0.15, 0.2) is 6.29 Å². The van der Waals surface area contributed by atoms with Gasteiger partial charge in [0.2, 0.25) is 5.79 Å². The third-order valence-electron chi connectivity index (χ3n) is 4.38. The van der Waals surface area contributed by atoms with Gasteiger partial charge in [-0.05, 0) is 6.92 Å². The van der Waals surface area contributed by atoms with Crippen LogP contribution in [-0.2, 0) is 18.9 Å². The predicted octanol–water partition coefficient (Wildman–Crippen LogP) is -3.84. The standard InChI is InChI=1S/C15H26O11/c1-2-3-23-5-8-9(18)11(20)12(21)14(24-8)26-15(6-17)13(22)10(19)7(4-16)25-15/h2-3,7-14,16-22H,4-6H2,1H3/t7-,8-,9-,10-,11+,12-,13+,14-,15+/m1/s1. The topological polar surface area (TPSA) is 179 Å². The molecule has 7 N–H and O–H groups in total. The van der Waals surface area contributed by atoms with E-state index in [1.807, 2.05) is 0 Å². The molecule has 0 aromatic heterocycles. The fourth-order valence-electron chi connectivity index (χ4n) is 2.86. The van der Waals surface area contributed by atoms with Crippen molar-refractivity contribution in [1.29, 1.82) is 0 Å². The summed E-state index contributed by atoms with van der Waals surface area (Å²) < 4.78 is 21.1. The molecular formula is C15H26O11. The van der Waals surface area contributed by atoms with Gasteiger partial charge in [-0.2, -0.15) is 0 Å². The number of hydrogen-bond donors (Lipinski definition) is 7. The number of rotatable bonds is 7. The van der Waals surface area contributed by atoms with Gasteiger partial charge in [0.05, 0.1) is 12.9 Å². The average molecular weight is 382 g/mol. The maximum Gasteiger partial charge on any atom is 0.224 e. The Bertz CT molecular complexity index is 475. The molecule has 11 nitrogen and oxygen atoms in total. The molecular weight excluding hydrogens is 356 g/mol. The van der Waals surface area contributed by atoms with Gasteiger partial charge in [-0.25, -0.2) is 0 Å². The summed E-state index contributed by atoms with van der Waals surface area (Å²) in [5, 5.41) is 68.9. The summed E-state index contributed by atoms with van der Waals surface area (Å²) in [6.07, 6.45) is -9.24. The summed E-state index contributed by atoms with van der Waals surface area (Å²) >= 11 is 0. The Morgan fingerprint density at radius 1 is 0.962 bits per heavy atom. The lowest BCUT2D eigenvalue weighted by Gasteiger charge is -2.43. The van der Waals surface area contributed by atoms with Gasteiger partial charge in [0.25, 0.3) is 0 Å². The van der Waals surface area contributed by atoms with Crippen molar-refractivity contribution in [2.24, 2.45) is 0 Å². The summed E-state index contributed by atoms with van der Waals surface area (Å²) in [6, 6.07) is 0. The van der Waals surface area contributed by atoms with E-state index in [2.05, 4.69) is 0 Å². The molecule has 0 aromatic carbocycles. The first kappa shape index (κ1) is 21.4. The molecule has 0 bridgehead atoms. The fraction of sp³-hybridized carbons (Fsp3) is 0.867. The molecule has 9 atom stereocenters. The molecule has 0 saturated carbocycles. The molecule has 2 heterocycles. The summed E-state index contributed by atoms with van der Waals surface area (Å²) in [7, 11) is 0. The first-order chi connectivity index (χ1) is 12.3. The molecule has 0 unspecified atom stereocenters. The van der Waals surface area contributed by atoms with Gasteiger partial charge in [0.1, 0.15) is 55.9 Å². The van der Waals surface area contributed by atoms with E-state index in [-0.39, 0.29) is 6.61 Å². The van der Waals surface area contributed by atoms with Gasteiger partial charge in [-0.3, -0.25) is 0 Å². The molecule has 0 spiro atoms. The van der Waals surface area contributed by atoms with E-state index < -0.39 is 68.0 Å². The summed E-state index contributed by atoms with van der Waals surface area (Å²) in [6.45, 7) is -0.0623. The van der Waals surface area contributed by atoms with E-state index in [1.54, 1.807) is 13.0 Å². The third-order valence-corrected chi connectivity index (χ3v) is 4.38. The van der Waals surface area contributed by atoms with Gasteiger partial charge < -0.3 is 54.7 Å². The Labute approximate surface area is 149 Å². The predicted molar refractivity (Wildman–Crippen MR) is 82.3 cm³/mol. The monoisotopic (exact) mass is 382 g/mol. The fourth-order valence-corrected chi connectivity index (χ4v) is 2.86. The van der Waals surface area contributed by atoms with Gasteiger partial charge >= 0.3 is 0 Å². The summed E-state index contributed by atoms with van der Waals surface area (Å²) in [5.41, 5.74) is 0. The van der Waals surface area contributed by atoms with Crippen molar-refractivity contribution >= 4 is 0 Å². The number of hydrogen-bond acceptors (Lipinski definition) is 11. The highest BCUT2D eigenvalue weighted by Crippen LogP contribution is 2.35. The van der Waals surface area contributed by atoms with Crippen molar-refractivity contribution in [1.82, 2.24) is 0 Å². The molecule has 26 heavy (non-hydrogen) atoms. The van der Waals surface area contributed by atoms with E-state index in [0.29, 0.717) is 0 Å². The second-order valence-corrected chi connectivity index (χ2v) is 6.18. The van der Waals surface area contributed by atoms with Crippen LogP contribution in [-0.4, -0.2) is 110 Å². The highest BCUT2D eigenvalue weighted by molar-refractivity contribution is 4.98. The maximum absolute atomic E-state index is 10.1. The van der Waals surface area contributed by atoms with E-state index in [0.717, 1.165) is 0 Å². The number of ether oxygens (including phenoxy) is 4. The summed E-state index contributed by atoms with van der Waals surface area (Å²) in [4.78, 5) is 0. The summed E-state index contributed by atoms with van der Waals surface area (Å²) in [5.74, 6) is -2.20. The van der Waals surface area contributed by atoms with Gasteiger partial charge in [-0.15, -0.1) is 0 Å². The van der Waals surface area contributed by atoms with Gasteiger partial charge in [-0.1, -0.05) is 6.08 Å². The minimum absolute atomic E-state index is 0.174. The lowest BCUT2D eigenvalue weighted by Crippen LogP contribution is -2.62. The Hall–Kier alpha value is -0.860. The first-order valence-electron chi connectivity index (χ1n) is 8.17. The highest BCUT2D eigenvalue weighted by Gasteiger charge is 2.58. The van der Waals surface area contributed by atoms with Crippen LogP contribution < -0.4 is 0 Å². The number of aliphatic hydroxyl groups excluding tert-OH is 7. The molecule has 2 fully saturated rings. The Kier molecular flexibility index (Phi) is 7.33. The Balaban J connectivity index is 2.14. The first-order valence-corrected chi connectivity index (χ1v) is 8.17. The normalized spacial score (nSPS) is 46.8. The molecule has 0 aromatic rings. The highest BCUT2D eigenvalue weighted by atomic mass is 16.8. The van der Waals surface area contributed by atoms with Crippen LogP contribution in [0.25, 0.3) is 0 Å². The Morgan fingerprint density at radius 3 is 2.19 bits per heavy atom.